The number of anilines is 18. The summed E-state index contributed by atoms with van der Waals surface area (Å²) >= 11 is -3.41. The molecule has 9 aromatic rings. The van der Waals surface area contributed by atoms with Crippen LogP contribution < -0.4 is 49.0 Å². The monoisotopic (exact) mass is 1390 g/mol. The van der Waals surface area contributed by atoms with Crippen molar-refractivity contribution in [3.8, 4) is 0 Å². The van der Waals surface area contributed by atoms with E-state index in [-0.39, 0.29) is 0 Å². The predicted molar refractivity (Wildman–Crippen MR) is 318 cm³/mol. The van der Waals surface area contributed by atoms with E-state index in [1.54, 1.807) is 24.3 Å². The van der Waals surface area contributed by atoms with Gasteiger partial charge in [0.2, 0.25) is 0 Å². The molecule has 0 aliphatic carbocycles. The minimum atomic E-state index is -2.68. The molecule has 15 rings (SSSR count). The van der Waals surface area contributed by atoms with Gasteiger partial charge < -0.3 is 0 Å². The predicted octanol–water partition coefficient (Wildman–Crippen LogP) is 14.0. The number of benzene rings is 9. The zero-order chi connectivity index (χ0) is 62.8. The third-order valence-corrected chi connectivity index (χ3v) is 20.6. The average Bonchev–Trinajstić information content (AvgIpc) is 1.88. The molecular formula is C66H52N10Pt2-4. The van der Waals surface area contributed by atoms with E-state index >= 15 is 0 Å². The van der Waals surface area contributed by atoms with E-state index in [1.165, 1.54) is 19.6 Å². The summed E-state index contributed by atoms with van der Waals surface area (Å²) in [4.78, 5) is 17.4. The van der Waals surface area contributed by atoms with Crippen LogP contribution in [0.4, 0.5) is 102 Å². The van der Waals surface area contributed by atoms with Gasteiger partial charge in [-0.2, -0.15) is 0 Å². The van der Waals surface area contributed by atoms with Crippen LogP contribution in [0.3, 0.4) is 0 Å². The molecule has 0 amide bonds. The van der Waals surface area contributed by atoms with Gasteiger partial charge in [0.25, 0.3) is 0 Å². The average molecular weight is 1390 g/mol. The van der Waals surface area contributed by atoms with Crippen LogP contribution in [-0.2, 0) is 35.3 Å². The topological polar surface area (TPSA) is 32.4 Å². The van der Waals surface area contributed by atoms with Crippen molar-refractivity contribution in [1.29, 1.82) is 0 Å². The molecule has 0 fully saturated rings. The maximum absolute atomic E-state index is 9.10. The first-order valence-electron chi connectivity index (χ1n) is 31.1. The number of nitrogens with zero attached hydrogens (tertiary/aromatic N) is 10. The van der Waals surface area contributed by atoms with E-state index in [9.17, 15) is 0 Å². The Kier molecular flexibility index (Phi) is 8.17. The van der Waals surface area contributed by atoms with Crippen molar-refractivity contribution < 1.29 is 51.7 Å². The van der Waals surface area contributed by atoms with Crippen molar-refractivity contribution in [3.63, 3.8) is 0 Å². The van der Waals surface area contributed by atoms with Crippen molar-refractivity contribution in [1.82, 2.24) is 0 Å². The zero-order valence-corrected chi connectivity index (χ0v) is 46.8. The number of hydrogen-bond acceptors (Lipinski definition) is 10. The van der Waals surface area contributed by atoms with Crippen molar-refractivity contribution in [2.45, 2.75) is 27.7 Å². The Morgan fingerprint density at radius 1 is 0.282 bits per heavy atom. The Balaban J connectivity index is 0.969. The fourth-order valence-corrected chi connectivity index (χ4v) is 17.3. The molecule has 10 nitrogen and oxygen atoms in total. The van der Waals surface area contributed by atoms with Gasteiger partial charge in [-0.05, 0) is 0 Å². The van der Waals surface area contributed by atoms with Crippen molar-refractivity contribution >= 4 is 119 Å². The zero-order valence-electron chi connectivity index (χ0n) is 54.3. The molecule has 0 aromatic heterocycles. The van der Waals surface area contributed by atoms with E-state index in [1.807, 2.05) is 181 Å². The molecule has 8 bridgehead atoms. The summed E-state index contributed by atoms with van der Waals surface area (Å²) < 4.78 is 111. The van der Waals surface area contributed by atoms with E-state index in [4.69, 9.17) is 16.4 Å². The van der Waals surface area contributed by atoms with E-state index in [0.717, 1.165) is 33.6 Å². The van der Waals surface area contributed by atoms with Gasteiger partial charge in [0.1, 0.15) is 0 Å². The number of para-hydroxylation sites is 8. The Hall–Kier alpha value is -8.16. The number of fused-ring (bicyclic) bond motifs is 24. The summed E-state index contributed by atoms with van der Waals surface area (Å²) in [6.45, 7) is -2.64. The van der Waals surface area contributed by atoms with Gasteiger partial charge in [-0.25, -0.2) is 0 Å². The number of aryl methyl sites for hydroxylation is 4. The second-order valence-corrected chi connectivity index (χ2v) is 24.8. The van der Waals surface area contributed by atoms with Gasteiger partial charge in [-0.15, -0.1) is 0 Å². The molecule has 9 aromatic carbocycles. The van der Waals surface area contributed by atoms with Crippen LogP contribution in [0.15, 0.2) is 170 Å². The van der Waals surface area contributed by atoms with Gasteiger partial charge in [0.15, 0.2) is 0 Å². The molecule has 6 aliphatic heterocycles. The summed E-state index contributed by atoms with van der Waals surface area (Å²) in [7, 11) is 0. The van der Waals surface area contributed by atoms with Crippen LogP contribution in [0.5, 0.6) is 0 Å². The first-order chi connectivity index (χ1) is 42.8. The summed E-state index contributed by atoms with van der Waals surface area (Å²) in [6.07, 6.45) is 0. The molecule has 0 saturated carbocycles. The van der Waals surface area contributed by atoms with E-state index in [0.29, 0.717) is 108 Å². The van der Waals surface area contributed by atoms with Gasteiger partial charge in [-0.1, -0.05) is 0 Å². The molecule has 12 heteroatoms. The minimum absolute atomic E-state index is 0.420. The molecule has 0 atom stereocenters. The summed E-state index contributed by atoms with van der Waals surface area (Å²) in [5, 5.41) is 0. The van der Waals surface area contributed by atoms with Gasteiger partial charge in [0, 0.05) is 0 Å². The first-order valence-corrected chi connectivity index (χ1v) is 29.6. The Morgan fingerprint density at radius 3 is 0.846 bits per heavy atom. The second-order valence-electron chi connectivity index (χ2n) is 19.6. The Morgan fingerprint density at radius 2 is 0.538 bits per heavy atom. The molecule has 0 N–H and O–H groups in total. The second kappa shape index (κ2) is 17.7. The van der Waals surface area contributed by atoms with Crippen LogP contribution in [0, 0.1) is 52.0 Å². The first kappa shape index (κ1) is 36.0. The molecular weight excluding hydrogens is 1320 g/mol. The Labute approximate surface area is 489 Å². The molecule has 0 spiro atoms. The summed E-state index contributed by atoms with van der Waals surface area (Å²) in [6, 6.07) is 68.4. The maximum atomic E-state index is 9.10. The fourth-order valence-electron chi connectivity index (χ4n) is 11.1. The van der Waals surface area contributed by atoms with Gasteiger partial charge >= 0.3 is 492 Å². The fraction of sp³-hybridized carbons (Fsp3) is 0.121. The molecule has 6 aliphatic rings. The normalized spacial score (nSPS) is 18.9. The molecule has 0 radical (unpaired) electrons. The quantitative estimate of drug-likeness (QED) is 0.156. The van der Waals surface area contributed by atoms with E-state index < -0.39 is 63.2 Å². The molecule has 78 heavy (non-hydrogen) atoms. The van der Waals surface area contributed by atoms with Crippen LogP contribution in [-0.4, -0.2) is 44.5 Å². The van der Waals surface area contributed by atoms with Crippen molar-refractivity contribution in [3.05, 3.63) is 216 Å². The van der Waals surface area contributed by atoms with E-state index in [2.05, 4.69) is 46.2 Å². The number of hydrogen-bond donors (Lipinski definition) is 0. The summed E-state index contributed by atoms with van der Waals surface area (Å²) in [5.41, 5.74) is 13.8. The Bertz CT molecular complexity index is 4410. The van der Waals surface area contributed by atoms with Crippen molar-refractivity contribution in [2.75, 3.05) is 76.9 Å². The molecule has 390 valence electrons. The van der Waals surface area contributed by atoms with Crippen LogP contribution >= 0.6 is 0 Å². The summed E-state index contributed by atoms with van der Waals surface area (Å²) in [5.74, 6) is 0. The SMILES string of the molecule is [2H]C([2H])([2H])N1[C]2=[Pt]=[C]3N(c4[c-]c(cc(C)c4)N(c4cc(C)c(N5c6[c-]c(ccc6)N6[C](=[Pt]=[C]7N(c8[c-]c5cc(C)c8)c5ccccc5N7C([2H])([2H])[2H])N(C([2H])([2H])[2H])c5ccccc56)cc4C)c4[c-]c(ccc4)N2c2ccccc21)c1ccccc1N3C([2H])([2H])[2H]. The van der Waals surface area contributed by atoms with Crippen molar-refractivity contribution in [2.24, 2.45) is 0 Å². The van der Waals surface area contributed by atoms with Crippen LogP contribution in [0.2, 0.25) is 0 Å². The van der Waals surface area contributed by atoms with Gasteiger partial charge in [-0.3, -0.25) is 0 Å². The van der Waals surface area contributed by atoms with Gasteiger partial charge in [0.05, 0.1) is 0 Å². The molecule has 0 saturated heterocycles. The third kappa shape index (κ3) is 7.02. The molecule has 0 unspecified atom stereocenters. The van der Waals surface area contributed by atoms with Crippen LogP contribution in [0.1, 0.15) is 38.7 Å². The van der Waals surface area contributed by atoms with Crippen LogP contribution in [0.25, 0.3) is 0 Å². The molecule has 6 heterocycles. The standard InChI is InChI=1S/C66H52N10.2Pt/c1-45-31-53(73-43-69(7)59-25-11-15-29-63(59)73)39-55(33-45)75(51-21-17-19-49(37-51)71-41-67(5)57-23-9-13-27-61(57)71)65-35-48(4)66(36-47(65)3)76(52-22-18-20-50(38-52)72-42-68(6)58-24-10-14-28-62(58)72)56-34-46(2)32-54(40-56)74-44-70(8)60-26-12-16-30-64(60)74;;/h9-36H,1-8H3;;/q-4;;/i5D3,6D3,7D3,8D3;;. The number of rotatable bonds is 2. The third-order valence-electron chi connectivity index (χ3n) is 14.5.